The van der Waals surface area contributed by atoms with E-state index < -0.39 is 12.6 Å². The second-order valence-corrected chi connectivity index (χ2v) is 4.25. The van der Waals surface area contributed by atoms with Crippen molar-refractivity contribution in [2.75, 3.05) is 17.6 Å². The van der Waals surface area contributed by atoms with Gasteiger partial charge in [0.25, 0.3) is 0 Å². The zero-order valence-electron chi connectivity index (χ0n) is 10.2. The summed E-state index contributed by atoms with van der Waals surface area (Å²) >= 11 is 0. The van der Waals surface area contributed by atoms with E-state index in [1.807, 2.05) is 6.07 Å². The highest BCUT2D eigenvalue weighted by Crippen LogP contribution is 2.26. The first-order valence-electron chi connectivity index (χ1n) is 5.91. The molecule has 19 heavy (non-hydrogen) atoms. The van der Waals surface area contributed by atoms with Crippen molar-refractivity contribution in [1.29, 1.82) is 0 Å². The molecule has 0 saturated heterocycles. The SMILES string of the molecule is Nc1cccc2c(NCCCC(F)(F)F)ccnc12. The van der Waals surface area contributed by atoms with Crippen LogP contribution in [0.4, 0.5) is 24.5 Å². The van der Waals surface area contributed by atoms with Crippen LogP contribution in [0.3, 0.4) is 0 Å². The summed E-state index contributed by atoms with van der Waals surface area (Å²) < 4.78 is 36.1. The maximum Gasteiger partial charge on any atom is 0.389 e. The Balaban J connectivity index is 2.07. The molecule has 0 aliphatic heterocycles. The van der Waals surface area contributed by atoms with Gasteiger partial charge in [-0.1, -0.05) is 12.1 Å². The molecule has 0 atom stereocenters. The summed E-state index contributed by atoms with van der Waals surface area (Å²) in [6.45, 7) is 0.257. The molecule has 1 aromatic heterocycles. The molecular formula is C13H14F3N3. The normalized spacial score (nSPS) is 11.7. The minimum atomic E-state index is -4.10. The van der Waals surface area contributed by atoms with Crippen LogP contribution in [0.2, 0.25) is 0 Å². The van der Waals surface area contributed by atoms with Gasteiger partial charge in [0.1, 0.15) is 0 Å². The first-order valence-corrected chi connectivity index (χ1v) is 5.91. The van der Waals surface area contributed by atoms with Crippen LogP contribution in [0, 0.1) is 0 Å². The van der Waals surface area contributed by atoms with Crippen molar-refractivity contribution in [2.24, 2.45) is 0 Å². The summed E-state index contributed by atoms with van der Waals surface area (Å²) in [5.74, 6) is 0. The molecule has 3 N–H and O–H groups in total. The highest BCUT2D eigenvalue weighted by Gasteiger charge is 2.25. The van der Waals surface area contributed by atoms with Gasteiger partial charge in [0.05, 0.1) is 11.2 Å². The van der Waals surface area contributed by atoms with Crippen LogP contribution >= 0.6 is 0 Å². The van der Waals surface area contributed by atoms with E-state index in [2.05, 4.69) is 10.3 Å². The number of pyridine rings is 1. The fourth-order valence-corrected chi connectivity index (χ4v) is 1.86. The average molecular weight is 269 g/mol. The number of fused-ring (bicyclic) bond motifs is 1. The highest BCUT2D eigenvalue weighted by atomic mass is 19.4. The van der Waals surface area contributed by atoms with E-state index in [1.54, 1.807) is 24.4 Å². The molecule has 3 nitrogen and oxygen atoms in total. The van der Waals surface area contributed by atoms with Gasteiger partial charge in [0.2, 0.25) is 0 Å². The molecule has 0 amide bonds. The molecule has 6 heteroatoms. The van der Waals surface area contributed by atoms with Crippen LogP contribution in [-0.4, -0.2) is 17.7 Å². The summed E-state index contributed by atoms with van der Waals surface area (Å²) in [5, 5.41) is 3.81. The van der Waals surface area contributed by atoms with Crippen LogP contribution in [0.25, 0.3) is 10.9 Å². The van der Waals surface area contributed by atoms with Gasteiger partial charge in [-0.2, -0.15) is 13.2 Å². The Kier molecular flexibility index (Phi) is 3.78. The fraction of sp³-hybridized carbons (Fsp3) is 0.308. The molecular weight excluding hydrogens is 255 g/mol. The molecule has 2 rings (SSSR count). The Bertz CT molecular complexity index is 567. The Labute approximate surface area is 108 Å². The number of rotatable bonds is 4. The number of anilines is 2. The smallest absolute Gasteiger partial charge is 0.389 e. The zero-order valence-corrected chi connectivity index (χ0v) is 10.2. The van der Waals surface area contributed by atoms with Gasteiger partial charge in [-0.25, -0.2) is 0 Å². The van der Waals surface area contributed by atoms with Gasteiger partial charge < -0.3 is 11.1 Å². The number of nitrogen functional groups attached to an aromatic ring is 1. The number of hydrogen-bond acceptors (Lipinski definition) is 3. The van der Waals surface area contributed by atoms with Crippen LogP contribution in [0.1, 0.15) is 12.8 Å². The largest absolute Gasteiger partial charge is 0.397 e. The third-order valence-corrected chi connectivity index (χ3v) is 2.75. The van der Waals surface area contributed by atoms with Crippen molar-refractivity contribution in [1.82, 2.24) is 4.98 Å². The van der Waals surface area contributed by atoms with Crippen LogP contribution in [0.15, 0.2) is 30.5 Å². The first kappa shape index (κ1) is 13.5. The molecule has 0 aliphatic carbocycles. The Morgan fingerprint density at radius 2 is 2.00 bits per heavy atom. The first-order chi connectivity index (χ1) is 8.97. The Morgan fingerprint density at radius 3 is 2.74 bits per heavy atom. The number of hydrogen-bond donors (Lipinski definition) is 2. The van der Waals surface area contributed by atoms with Crippen LogP contribution in [0.5, 0.6) is 0 Å². The lowest BCUT2D eigenvalue weighted by atomic mass is 10.1. The zero-order chi connectivity index (χ0) is 13.9. The maximum absolute atomic E-state index is 12.0. The number of halogens is 3. The summed E-state index contributed by atoms with van der Waals surface area (Å²) in [6.07, 6.45) is -3.27. The standard InChI is InChI=1S/C13H14F3N3/c14-13(15,16)6-2-7-18-11-5-8-19-12-9(11)3-1-4-10(12)17/h1,3-5,8H,2,6-7,17H2,(H,18,19). The lowest BCUT2D eigenvalue weighted by Gasteiger charge is -2.11. The van der Waals surface area contributed by atoms with Gasteiger partial charge in [0, 0.05) is 30.2 Å². The number of nitrogens with zero attached hydrogens (tertiary/aromatic N) is 1. The van der Waals surface area contributed by atoms with Gasteiger partial charge in [-0.05, 0) is 18.6 Å². The number of aromatic nitrogens is 1. The number of benzene rings is 1. The van der Waals surface area contributed by atoms with Gasteiger partial charge in [0.15, 0.2) is 0 Å². The Morgan fingerprint density at radius 1 is 1.21 bits per heavy atom. The second-order valence-electron chi connectivity index (χ2n) is 4.25. The van der Waals surface area contributed by atoms with Crippen molar-refractivity contribution < 1.29 is 13.2 Å². The maximum atomic E-state index is 12.0. The second kappa shape index (κ2) is 5.34. The molecule has 0 aliphatic rings. The molecule has 0 saturated carbocycles. The van der Waals surface area contributed by atoms with Gasteiger partial charge in [-0.3, -0.25) is 4.98 Å². The van der Waals surface area contributed by atoms with Gasteiger partial charge >= 0.3 is 6.18 Å². The lowest BCUT2D eigenvalue weighted by molar-refractivity contribution is -0.134. The molecule has 0 spiro atoms. The van der Waals surface area contributed by atoms with E-state index in [0.717, 1.165) is 11.1 Å². The minimum Gasteiger partial charge on any atom is -0.397 e. The summed E-state index contributed by atoms with van der Waals surface area (Å²) in [5.41, 5.74) is 7.76. The van der Waals surface area contributed by atoms with E-state index in [-0.39, 0.29) is 13.0 Å². The third kappa shape index (κ3) is 3.49. The van der Waals surface area contributed by atoms with Crippen molar-refractivity contribution in [2.45, 2.75) is 19.0 Å². The average Bonchev–Trinajstić information content (AvgIpc) is 2.34. The topological polar surface area (TPSA) is 50.9 Å². The fourth-order valence-electron chi connectivity index (χ4n) is 1.86. The van der Waals surface area contributed by atoms with Crippen molar-refractivity contribution in [3.63, 3.8) is 0 Å². The van der Waals surface area contributed by atoms with Crippen molar-refractivity contribution in [3.8, 4) is 0 Å². The lowest BCUT2D eigenvalue weighted by Crippen LogP contribution is -2.11. The molecule has 0 unspecified atom stereocenters. The predicted molar refractivity (Wildman–Crippen MR) is 69.9 cm³/mol. The molecule has 1 aromatic carbocycles. The molecule has 2 aromatic rings. The molecule has 102 valence electrons. The summed E-state index contributed by atoms with van der Waals surface area (Å²) in [4.78, 5) is 4.16. The number of alkyl halides is 3. The summed E-state index contributed by atoms with van der Waals surface area (Å²) in [6, 6.07) is 7.10. The monoisotopic (exact) mass is 269 g/mol. The molecule has 1 heterocycles. The van der Waals surface area contributed by atoms with Crippen molar-refractivity contribution >= 4 is 22.3 Å². The van der Waals surface area contributed by atoms with E-state index >= 15 is 0 Å². The van der Waals surface area contributed by atoms with E-state index in [9.17, 15) is 13.2 Å². The van der Waals surface area contributed by atoms with E-state index in [4.69, 9.17) is 5.73 Å². The van der Waals surface area contributed by atoms with Crippen LogP contribution in [-0.2, 0) is 0 Å². The van der Waals surface area contributed by atoms with E-state index in [1.165, 1.54) is 0 Å². The minimum absolute atomic E-state index is 0.0373. The van der Waals surface area contributed by atoms with E-state index in [0.29, 0.717) is 11.2 Å². The van der Waals surface area contributed by atoms with Gasteiger partial charge in [-0.15, -0.1) is 0 Å². The Hall–Kier alpha value is -1.98. The third-order valence-electron chi connectivity index (χ3n) is 2.75. The molecule has 0 radical (unpaired) electrons. The predicted octanol–water partition coefficient (Wildman–Crippen LogP) is 3.57. The highest BCUT2D eigenvalue weighted by molar-refractivity contribution is 5.97. The number of nitrogens with one attached hydrogen (secondary N) is 1. The number of nitrogens with two attached hydrogens (primary N) is 1. The van der Waals surface area contributed by atoms with Crippen LogP contribution < -0.4 is 11.1 Å². The quantitative estimate of drug-likeness (QED) is 0.659. The van der Waals surface area contributed by atoms with Crippen molar-refractivity contribution in [3.05, 3.63) is 30.5 Å². The molecule has 0 bridgehead atoms. The summed E-state index contributed by atoms with van der Waals surface area (Å²) in [7, 11) is 0. The molecule has 0 fully saturated rings. The number of para-hydroxylation sites is 1.